The molecular formula is C12H16BrNOS. The molecule has 4 heteroatoms. The number of hydrogen-bond donors (Lipinski definition) is 0. The van der Waals surface area contributed by atoms with E-state index in [1.54, 1.807) is 6.21 Å². The zero-order chi connectivity index (χ0) is 12.3. The standard InChI is InChI=1S/C12H16BrNOS/c1-9-7-11(13)6-5-10(9)8-14-16(15)12(2,3)4/h5-8H,1-4H3/b14-8+/t16-/m0/s1. The highest BCUT2D eigenvalue weighted by Gasteiger charge is 2.18. The molecule has 0 radical (unpaired) electrons. The smallest absolute Gasteiger partial charge is 0.144 e. The molecule has 0 saturated carbocycles. The van der Waals surface area contributed by atoms with E-state index in [-0.39, 0.29) is 4.75 Å². The van der Waals surface area contributed by atoms with Crippen molar-refractivity contribution >= 4 is 33.1 Å². The summed E-state index contributed by atoms with van der Waals surface area (Å²) >= 11 is 3.40. The molecule has 0 N–H and O–H groups in total. The maximum Gasteiger partial charge on any atom is 0.144 e. The normalized spacial score (nSPS) is 14.3. The first-order chi connectivity index (χ1) is 7.30. The van der Waals surface area contributed by atoms with E-state index in [0.717, 1.165) is 15.6 Å². The molecule has 88 valence electrons. The zero-order valence-electron chi connectivity index (χ0n) is 9.95. The molecule has 0 aliphatic heterocycles. The molecule has 1 rings (SSSR count). The maximum absolute atomic E-state index is 11.7. The van der Waals surface area contributed by atoms with E-state index in [1.165, 1.54) is 0 Å². The highest BCUT2D eigenvalue weighted by atomic mass is 79.9. The Morgan fingerprint density at radius 1 is 1.38 bits per heavy atom. The molecule has 0 bridgehead atoms. The van der Waals surface area contributed by atoms with Gasteiger partial charge < -0.3 is 0 Å². The molecule has 16 heavy (non-hydrogen) atoms. The van der Waals surface area contributed by atoms with E-state index in [4.69, 9.17) is 0 Å². The zero-order valence-corrected chi connectivity index (χ0v) is 12.4. The summed E-state index contributed by atoms with van der Waals surface area (Å²) < 4.78 is 16.5. The Hall–Kier alpha value is -0.480. The van der Waals surface area contributed by atoms with E-state index < -0.39 is 11.0 Å². The second-order valence-corrected chi connectivity index (χ2v) is 7.45. The average molecular weight is 302 g/mol. The summed E-state index contributed by atoms with van der Waals surface area (Å²) in [5.41, 5.74) is 2.12. The molecule has 0 amide bonds. The molecule has 2 nitrogen and oxygen atoms in total. The SMILES string of the molecule is Cc1cc(Br)ccc1/C=N/[S@@](=O)C(C)(C)C. The molecule has 1 aromatic rings. The molecule has 0 saturated heterocycles. The summed E-state index contributed by atoms with van der Waals surface area (Å²) in [5.74, 6) is 0. The van der Waals surface area contributed by atoms with E-state index in [2.05, 4.69) is 20.3 Å². The van der Waals surface area contributed by atoms with Crippen LogP contribution >= 0.6 is 15.9 Å². The van der Waals surface area contributed by atoms with Crippen LogP contribution < -0.4 is 0 Å². The van der Waals surface area contributed by atoms with Crippen LogP contribution in [0.4, 0.5) is 0 Å². The third-order valence-corrected chi connectivity index (χ3v) is 3.88. The van der Waals surface area contributed by atoms with Crippen LogP contribution in [-0.4, -0.2) is 15.2 Å². The van der Waals surface area contributed by atoms with Crippen molar-refractivity contribution in [1.29, 1.82) is 0 Å². The van der Waals surface area contributed by atoms with E-state index >= 15 is 0 Å². The fourth-order valence-corrected chi connectivity index (χ4v) is 2.05. The first kappa shape index (κ1) is 13.6. The molecule has 1 atom stereocenters. The van der Waals surface area contributed by atoms with Crippen LogP contribution in [0.15, 0.2) is 27.1 Å². The average Bonchev–Trinajstić information content (AvgIpc) is 2.14. The molecule has 0 aliphatic carbocycles. The van der Waals surface area contributed by atoms with Crippen molar-refractivity contribution in [3.63, 3.8) is 0 Å². The van der Waals surface area contributed by atoms with Crippen molar-refractivity contribution in [1.82, 2.24) is 0 Å². The van der Waals surface area contributed by atoms with Gasteiger partial charge in [-0.05, 0) is 51.0 Å². The number of nitrogens with zero attached hydrogens (tertiary/aromatic N) is 1. The number of halogens is 1. The summed E-state index contributed by atoms with van der Waals surface area (Å²) in [7, 11) is -1.19. The predicted molar refractivity (Wildman–Crippen MR) is 74.4 cm³/mol. The Morgan fingerprint density at radius 3 is 2.50 bits per heavy atom. The Bertz CT molecular complexity index is 435. The van der Waals surface area contributed by atoms with Gasteiger partial charge in [-0.25, -0.2) is 4.21 Å². The molecular weight excluding hydrogens is 286 g/mol. The third kappa shape index (κ3) is 3.83. The second kappa shape index (κ2) is 5.23. The molecule has 0 aliphatic rings. The summed E-state index contributed by atoms with van der Waals surface area (Å²) in [6.45, 7) is 7.74. The van der Waals surface area contributed by atoms with Crippen molar-refractivity contribution in [3.05, 3.63) is 33.8 Å². The lowest BCUT2D eigenvalue weighted by molar-refractivity contribution is 0.651. The molecule has 0 heterocycles. The lowest BCUT2D eigenvalue weighted by Crippen LogP contribution is -2.19. The monoisotopic (exact) mass is 301 g/mol. The van der Waals surface area contributed by atoms with Crippen molar-refractivity contribution in [2.45, 2.75) is 32.4 Å². The molecule has 0 fully saturated rings. The molecule has 0 spiro atoms. The van der Waals surface area contributed by atoms with Crippen molar-refractivity contribution < 1.29 is 4.21 Å². The molecule has 1 aromatic carbocycles. The number of benzene rings is 1. The van der Waals surface area contributed by atoms with E-state index in [1.807, 2.05) is 45.9 Å². The minimum Gasteiger partial charge on any atom is -0.234 e. The highest BCUT2D eigenvalue weighted by molar-refractivity contribution is 9.10. The first-order valence-corrected chi connectivity index (χ1v) is 6.93. The van der Waals surface area contributed by atoms with Crippen LogP contribution in [0.2, 0.25) is 0 Å². The predicted octanol–water partition coefficient (Wildman–Crippen LogP) is 3.64. The maximum atomic E-state index is 11.7. The van der Waals surface area contributed by atoms with Gasteiger partial charge in [0.2, 0.25) is 0 Å². The van der Waals surface area contributed by atoms with Crippen LogP contribution in [0.1, 0.15) is 31.9 Å². The fourth-order valence-electron chi connectivity index (χ4n) is 1.05. The number of rotatable bonds is 2. The van der Waals surface area contributed by atoms with Gasteiger partial charge in [0.05, 0.1) is 4.75 Å². The highest BCUT2D eigenvalue weighted by Crippen LogP contribution is 2.16. The van der Waals surface area contributed by atoms with Gasteiger partial charge >= 0.3 is 0 Å². The van der Waals surface area contributed by atoms with Gasteiger partial charge in [-0.2, -0.15) is 4.40 Å². The summed E-state index contributed by atoms with van der Waals surface area (Å²) in [5, 5.41) is 0. The van der Waals surface area contributed by atoms with Crippen LogP contribution in [0, 0.1) is 6.92 Å². The summed E-state index contributed by atoms with van der Waals surface area (Å²) in [4.78, 5) is 0. The topological polar surface area (TPSA) is 29.4 Å². The Balaban J connectivity index is 2.89. The van der Waals surface area contributed by atoms with Gasteiger partial charge in [0.15, 0.2) is 0 Å². The van der Waals surface area contributed by atoms with Gasteiger partial charge in [-0.15, -0.1) is 0 Å². The Morgan fingerprint density at radius 2 is 2.00 bits per heavy atom. The fraction of sp³-hybridized carbons (Fsp3) is 0.417. The lowest BCUT2D eigenvalue weighted by atomic mass is 10.1. The van der Waals surface area contributed by atoms with Crippen LogP contribution in [0.5, 0.6) is 0 Å². The molecule has 0 unspecified atom stereocenters. The quantitative estimate of drug-likeness (QED) is 0.767. The number of hydrogen-bond acceptors (Lipinski definition) is 1. The van der Waals surface area contributed by atoms with Crippen molar-refractivity contribution in [2.24, 2.45) is 4.40 Å². The van der Waals surface area contributed by atoms with Crippen LogP contribution in [-0.2, 0) is 11.0 Å². The van der Waals surface area contributed by atoms with Gasteiger partial charge in [0, 0.05) is 10.7 Å². The third-order valence-electron chi connectivity index (χ3n) is 2.04. The van der Waals surface area contributed by atoms with E-state index in [9.17, 15) is 4.21 Å². The molecule has 0 aromatic heterocycles. The number of aryl methyl sites for hydroxylation is 1. The second-order valence-electron chi connectivity index (χ2n) is 4.60. The summed E-state index contributed by atoms with van der Waals surface area (Å²) in [6, 6.07) is 5.93. The van der Waals surface area contributed by atoms with Gasteiger partial charge in [-0.3, -0.25) is 0 Å². The largest absolute Gasteiger partial charge is 0.234 e. The minimum atomic E-state index is -1.19. The van der Waals surface area contributed by atoms with Gasteiger partial charge in [-0.1, -0.05) is 22.0 Å². The van der Waals surface area contributed by atoms with Gasteiger partial charge in [0.25, 0.3) is 0 Å². The Kier molecular flexibility index (Phi) is 4.44. The van der Waals surface area contributed by atoms with Crippen LogP contribution in [0.3, 0.4) is 0 Å². The first-order valence-electron chi connectivity index (χ1n) is 5.03. The van der Waals surface area contributed by atoms with E-state index in [0.29, 0.717) is 0 Å². The minimum absolute atomic E-state index is 0.306. The van der Waals surface area contributed by atoms with Crippen molar-refractivity contribution in [2.75, 3.05) is 0 Å². The van der Waals surface area contributed by atoms with Crippen molar-refractivity contribution in [3.8, 4) is 0 Å². The van der Waals surface area contributed by atoms with Crippen LogP contribution in [0.25, 0.3) is 0 Å². The van der Waals surface area contributed by atoms with Gasteiger partial charge in [0.1, 0.15) is 11.0 Å². The summed E-state index contributed by atoms with van der Waals surface area (Å²) in [6.07, 6.45) is 1.68. The Labute approximate surface area is 108 Å². The lowest BCUT2D eigenvalue weighted by Gasteiger charge is -2.12.